The molecule has 17 atom stereocenters. The number of carbonyl (C=O) groups excluding carboxylic acids is 5. The molecule has 3 aliphatic heterocycles. The smallest absolute Gasteiger partial charge is 0.313 e. The highest BCUT2D eigenvalue weighted by Gasteiger charge is 2.70. The summed E-state index contributed by atoms with van der Waals surface area (Å²) >= 11 is 0. The van der Waals surface area contributed by atoms with E-state index < -0.39 is 84.4 Å². The Morgan fingerprint density at radius 3 is 2.08 bits per heavy atom. The van der Waals surface area contributed by atoms with Crippen molar-refractivity contribution < 1.29 is 71.3 Å². The van der Waals surface area contributed by atoms with Gasteiger partial charge in [-0.05, 0) is 142 Å². The van der Waals surface area contributed by atoms with Crippen LogP contribution in [0.25, 0.3) is 0 Å². The summed E-state index contributed by atoms with van der Waals surface area (Å²) in [5.74, 6) is -2.49. The number of fused-ring (bicyclic) bond motifs is 8. The zero-order valence-electron chi connectivity index (χ0n) is 47.0. The topological polar surface area (TPSA) is 178 Å². The summed E-state index contributed by atoms with van der Waals surface area (Å²) in [6.07, 6.45) is 2.02. The minimum Gasteiger partial charge on any atom is -0.460 e. The Morgan fingerprint density at radius 2 is 1.39 bits per heavy atom. The van der Waals surface area contributed by atoms with E-state index in [0.717, 1.165) is 69.8 Å². The summed E-state index contributed by atoms with van der Waals surface area (Å²) in [7, 11) is 0. The van der Waals surface area contributed by atoms with Crippen molar-refractivity contribution in [2.24, 2.45) is 50.2 Å². The first kappa shape index (κ1) is 56.0. The molecule has 0 unspecified atom stereocenters. The highest BCUT2D eigenvalue weighted by atomic mass is 16.8. The molecule has 0 bridgehead atoms. The van der Waals surface area contributed by atoms with Gasteiger partial charge in [0.25, 0.3) is 0 Å². The molecule has 75 heavy (non-hydrogen) atoms. The highest BCUT2D eigenvalue weighted by molar-refractivity contribution is 5.81. The monoisotopic (exact) mass is 1050 g/mol. The zero-order chi connectivity index (χ0) is 54.3. The van der Waals surface area contributed by atoms with Crippen LogP contribution >= 0.6 is 0 Å². The number of esters is 4. The van der Waals surface area contributed by atoms with Crippen LogP contribution in [0.1, 0.15) is 173 Å². The van der Waals surface area contributed by atoms with Crippen LogP contribution in [0.2, 0.25) is 0 Å². The zero-order valence-corrected chi connectivity index (χ0v) is 47.0. The fraction of sp³-hybridized carbons (Fsp3) is 0.783. The molecule has 3 heterocycles. The number of allylic oxidation sites excluding steroid dienone is 2. The summed E-state index contributed by atoms with van der Waals surface area (Å²) in [6.45, 7) is 26.7. The van der Waals surface area contributed by atoms with Crippen molar-refractivity contribution in [3.63, 3.8) is 0 Å². The number of ketones is 1. The molecule has 9 rings (SSSR count). The largest absolute Gasteiger partial charge is 0.460 e. The van der Waals surface area contributed by atoms with E-state index in [1.54, 1.807) is 6.92 Å². The predicted molar refractivity (Wildman–Crippen MR) is 274 cm³/mol. The van der Waals surface area contributed by atoms with E-state index in [9.17, 15) is 24.0 Å². The molecule has 1 aromatic rings. The first-order valence-electron chi connectivity index (χ1n) is 28.0. The van der Waals surface area contributed by atoms with E-state index in [1.807, 2.05) is 44.2 Å². The molecule has 1 aromatic carbocycles. The van der Waals surface area contributed by atoms with Crippen LogP contribution < -0.4 is 0 Å². The van der Waals surface area contributed by atoms with Crippen LogP contribution in [-0.2, 0) is 77.9 Å². The molecular weight excluding hydrogens is 961 g/mol. The number of hydrogen-bond donors (Lipinski definition) is 0. The average molecular weight is 1050 g/mol. The second-order valence-electron chi connectivity index (χ2n) is 26.4. The lowest BCUT2D eigenvalue weighted by atomic mass is 9.33. The van der Waals surface area contributed by atoms with E-state index in [1.165, 1.54) is 26.3 Å². The number of benzene rings is 1. The molecular formula is C60H86O15. The van der Waals surface area contributed by atoms with Gasteiger partial charge in [-0.25, -0.2) is 0 Å². The van der Waals surface area contributed by atoms with Gasteiger partial charge in [-0.3, -0.25) is 19.2 Å². The molecule has 15 nitrogen and oxygen atoms in total. The lowest BCUT2D eigenvalue weighted by molar-refractivity contribution is -0.359. The molecule has 416 valence electrons. The van der Waals surface area contributed by atoms with Crippen molar-refractivity contribution in [1.29, 1.82) is 0 Å². The quantitative estimate of drug-likeness (QED) is 0.0788. The minimum absolute atomic E-state index is 0.00450. The van der Waals surface area contributed by atoms with Gasteiger partial charge >= 0.3 is 23.9 Å². The van der Waals surface area contributed by atoms with Gasteiger partial charge in [-0.1, -0.05) is 90.4 Å². The maximum atomic E-state index is 14.6. The molecule has 8 aliphatic rings. The Morgan fingerprint density at radius 1 is 0.693 bits per heavy atom. The van der Waals surface area contributed by atoms with Crippen molar-refractivity contribution in [3.8, 4) is 0 Å². The number of Topliss-reactive ketones (excluding diaryl/α,β-unsaturated/α-hetero) is 1. The molecule has 3 saturated heterocycles. The summed E-state index contributed by atoms with van der Waals surface area (Å²) in [5, 5.41) is 0. The second kappa shape index (κ2) is 20.5. The molecule has 0 N–H and O–H groups in total. The Balaban J connectivity index is 0.972. The molecule has 0 spiro atoms. The lowest BCUT2D eigenvalue weighted by Gasteiger charge is -2.71. The summed E-state index contributed by atoms with van der Waals surface area (Å²) in [5.41, 5.74) is 1.70. The van der Waals surface area contributed by atoms with Crippen LogP contribution in [0.3, 0.4) is 0 Å². The first-order valence-corrected chi connectivity index (χ1v) is 28.0. The Bertz CT molecular complexity index is 2360. The van der Waals surface area contributed by atoms with E-state index in [0.29, 0.717) is 18.4 Å². The van der Waals surface area contributed by atoms with Gasteiger partial charge in [0.05, 0.1) is 30.7 Å². The van der Waals surface area contributed by atoms with Gasteiger partial charge in [-0.15, -0.1) is 0 Å². The molecule has 4 saturated carbocycles. The van der Waals surface area contributed by atoms with Gasteiger partial charge < -0.3 is 52.2 Å². The molecule has 0 radical (unpaired) electrons. The lowest BCUT2D eigenvalue weighted by Crippen LogP contribution is -2.66. The Hall–Kier alpha value is -3.73. The van der Waals surface area contributed by atoms with Gasteiger partial charge in [-0.2, -0.15) is 0 Å². The Labute approximate surface area is 444 Å². The summed E-state index contributed by atoms with van der Waals surface area (Å²) in [6, 6.07) is 10.0. The normalized spacial score (nSPS) is 42.1. The summed E-state index contributed by atoms with van der Waals surface area (Å²) < 4.78 is 63.8. The van der Waals surface area contributed by atoms with Gasteiger partial charge in [0, 0.05) is 20.3 Å². The van der Waals surface area contributed by atoms with Crippen molar-refractivity contribution in [1.82, 2.24) is 0 Å². The standard InChI is InChI=1S/C60H86O15/c1-34(61)19-22-45(64)72-48-46(69-36(3)62)35(2)68-52(50(48)70-37(4)63)73-49-47-41(74-56(9,10)75-47)33-66-51(49)71-44-24-25-57(11)42(55(44,7)8)23-26-59(13)43(57)21-20-39-40-31-54(5,6)27-29-60(40,30-28-58(39,59)12)53(65)67-32-38-17-15-14-16-18-38/h14-18,20,35,40-44,46-52H,19,21-33H2,1-13H3/t35-,40-,41-,42-,43+,44-,46-,47-,48+,49+,50+,51-,52-,57-,58+,59+,60-/m0/s1. The van der Waals surface area contributed by atoms with Crippen molar-refractivity contribution in [2.45, 2.75) is 241 Å². The van der Waals surface area contributed by atoms with E-state index in [-0.39, 0.29) is 70.3 Å². The van der Waals surface area contributed by atoms with Crippen molar-refractivity contribution in [3.05, 3.63) is 47.5 Å². The van der Waals surface area contributed by atoms with Crippen LogP contribution in [0.4, 0.5) is 0 Å². The first-order chi connectivity index (χ1) is 35.1. The van der Waals surface area contributed by atoms with Crippen LogP contribution in [-0.4, -0.2) is 103 Å². The third-order valence-corrected chi connectivity index (χ3v) is 20.3. The highest BCUT2D eigenvalue weighted by Crippen LogP contribution is 2.76. The minimum atomic E-state index is -1.41. The van der Waals surface area contributed by atoms with Gasteiger partial charge in [0.15, 0.2) is 36.7 Å². The van der Waals surface area contributed by atoms with Crippen molar-refractivity contribution >= 4 is 29.7 Å². The molecule has 5 aliphatic carbocycles. The molecule has 0 amide bonds. The number of ether oxygens (including phenoxy) is 10. The maximum Gasteiger partial charge on any atom is 0.313 e. The van der Waals surface area contributed by atoms with Crippen LogP contribution in [0.5, 0.6) is 0 Å². The molecule has 7 fully saturated rings. The third kappa shape index (κ3) is 10.3. The maximum absolute atomic E-state index is 14.6. The molecule has 0 aromatic heterocycles. The fourth-order valence-corrected chi connectivity index (χ4v) is 16.4. The summed E-state index contributed by atoms with van der Waals surface area (Å²) in [4.78, 5) is 65.0. The number of carbonyl (C=O) groups is 5. The van der Waals surface area contributed by atoms with Gasteiger partial charge in [0.1, 0.15) is 30.7 Å². The second-order valence-corrected chi connectivity index (χ2v) is 26.4. The van der Waals surface area contributed by atoms with Crippen molar-refractivity contribution in [2.75, 3.05) is 6.61 Å². The molecule has 15 heteroatoms. The fourth-order valence-electron chi connectivity index (χ4n) is 16.4. The van der Waals surface area contributed by atoms with E-state index >= 15 is 0 Å². The number of rotatable bonds is 13. The predicted octanol–water partition coefficient (Wildman–Crippen LogP) is 10.1. The van der Waals surface area contributed by atoms with Crippen LogP contribution in [0, 0.1) is 50.2 Å². The third-order valence-electron chi connectivity index (χ3n) is 20.3. The van der Waals surface area contributed by atoms with Crippen LogP contribution in [0.15, 0.2) is 42.0 Å². The SMILES string of the molecule is CC(=O)CCC(=O)O[C@@H]1[C@@H](OC(C)=O)[C@H](C)O[C@@H](O[C@H]2[C@H](O[C@H]3CC[C@]4(C)[C@H]5CC=C6[C@@H]7CC(C)(C)CC[C@]7(C(=O)OCc7ccccc7)CC[C@@]6(C)[C@]5(C)CC[C@H]4C3(C)C)OC[C@@H]3OC(C)(C)O[C@H]23)[C@@H]1OC(C)=O. The van der Waals surface area contributed by atoms with E-state index in [2.05, 4.69) is 54.5 Å². The van der Waals surface area contributed by atoms with E-state index in [4.69, 9.17) is 47.4 Å². The Kier molecular flexibility index (Phi) is 15.3. The van der Waals surface area contributed by atoms with Gasteiger partial charge in [0.2, 0.25) is 0 Å². The average Bonchev–Trinajstić information content (AvgIpc) is 3.65. The number of hydrogen-bond acceptors (Lipinski definition) is 15.